The first kappa shape index (κ1) is 14.3. The van der Waals surface area contributed by atoms with Crippen molar-refractivity contribution in [1.29, 1.82) is 0 Å². The first-order valence-electron chi connectivity index (χ1n) is 6.04. The lowest BCUT2D eigenvalue weighted by molar-refractivity contribution is 0.0523. The van der Waals surface area contributed by atoms with Gasteiger partial charge in [-0.3, -0.25) is 4.68 Å². The van der Waals surface area contributed by atoms with Gasteiger partial charge in [-0.15, -0.1) is 0 Å². The average Bonchev–Trinajstić information content (AvgIpc) is 2.78. The van der Waals surface area contributed by atoms with Gasteiger partial charge in [-0.05, 0) is 13.0 Å². The molecule has 0 spiro atoms. The quantitative estimate of drug-likeness (QED) is 0.625. The number of hydrogen-bond donors (Lipinski definition) is 0. The zero-order valence-corrected chi connectivity index (χ0v) is 11.9. The number of carbonyl (C=O) groups is 1. The Balaban J connectivity index is 2.13. The summed E-state index contributed by atoms with van der Waals surface area (Å²) in [5.41, 5.74) is 1.03. The summed E-state index contributed by atoms with van der Waals surface area (Å²) >= 11 is 5.78. The van der Waals surface area contributed by atoms with E-state index in [2.05, 4.69) is 10.1 Å². The molecule has 106 valence electrons. The summed E-state index contributed by atoms with van der Waals surface area (Å²) in [5.74, 6) is 0.160. The normalized spacial score (nSPS) is 10.3. The van der Waals surface area contributed by atoms with E-state index in [9.17, 15) is 4.79 Å². The van der Waals surface area contributed by atoms with Gasteiger partial charge >= 0.3 is 5.97 Å². The lowest BCUT2D eigenvalue weighted by Crippen LogP contribution is -2.11. The number of aryl methyl sites for hydroxylation is 1. The highest BCUT2D eigenvalue weighted by molar-refractivity contribution is 6.29. The molecule has 0 aliphatic carbocycles. The van der Waals surface area contributed by atoms with Gasteiger partial charge in [0.1, 0.15) is 23.1 Å². The summed E-state index contributed by atoms with van der Waals surface area (Å²) in [4.78, 5) is 15.6. The van der Waals surface area contributed by atoms with Crippen molar-refractivity contribution < 1.29 is 14.3 Å². The lowest BCUT2D eigenvalue weighted by atomic mass is 10.2. The van der Waals surface area contributed by atoms with Crippen LogP contribution in [0.3, 0.4) is 0 Å². The zero-order valence-electron chi connectivity index (χ0n) is 11.2. The van der Waals surface area contributed by atoms with Gasteiger partial charge in [0, 0.05) is 19.3 Å². The largest absolute Gasteiger partial charge is 0.487 e. The van der Waals surface area contributed by atoms with Crippen molar-refractivity contribution in [2.45, 2.75) is 13.5 Å². The van der Waals surface area contributed by atoms with E-state index in [1.165, 1.54) is 6.20 Å². The molecule has 0 fully saturated rings. The first-order chi connectivity index (χ1) is 9.61. The third-order valence-corrected chi connectivity index (χ3v) is 2.84. The molecule has 2 heterocycles. The molecule has 0 radical (unpaired) electrons. The van der Waals surface area contributed by atoms with Crippen molar-refractivity contribution in [1.82, 2.24) is 14.8 Å². The Morgan fingerprint density at radius 3 is 3.00 bits per heavy atom. The Morgan fingerprint density at radius 1 is 1.50 bits per heavy atom. The second-order valence-electron chi connectivity index (χ2n) is 3.95. The van der Waals surface area contributed by atoms with Crippen LogP contribution in [0.25, 0.3) is 0 Å². The minimum absolute atomic E-state index is 0.186. The van der Waals surface area contributed by atoms with Crippen molar-refractivity contribution in [3.05, 3.63) is 40.9 Å². The van der Waals surface area contributed by atoms with Crippen LogP contribution in [-0.2, 0) is 18.4 Å². The van der Waals surface area contributed by atoms with E-state index >= 15 is 0 Å². The minimum atomic E-state index is -0.410. The summed E-state index contributed by atoms with van der Waals surface area (Å²) in [6.45, 7) is 2.25. The van der Waals surface area contributed by atoms with Crippen LogP contribution in [0.2, 0.25) is 5.15 Å². The van der Waals surface area contributed by atoms with Crippen LogP contribution in [-0.4, -0.2) is 27.3 Å². The maximum absolute atomic E-state index is 11.8. The minimum Gasteiger partial charge on any atom is -0.487 e. The van der Waals surface area contributed by atoms with E-state index in [-0.39, 0.29) is 6.61 Å². The molecule has 0 atom stereocenters. The fourth-order valence-electron chi connectivity index (χ4n) is 1.64. The van der Waals surface area contributed by atoms with Crippen molar-refractivity contribution >= 4 is 17.6 Å². The highest BCUT2D eigenvalue weighted by Crippen LogP contribution is 2.17. The second kappa shape index (κ2) is 6.38. The highest BCUT2D eigenvalue weighted by atomic mass is 35.5. The topological polar surface area (TPSA) is 66.2 Å². The molecule has 0 bridgehead atoms. The van der Waals surface area contributed by atoms with Gasteiger partial charge < -0.3 is 9.47 Å². The maximum Gasteiger partial charge on any atom is 0.341 e. The molecule has 7 heteroatoms. The number of aromatic nitrogens is 3. The Morgan fingerprint density at radius 2 is 2.30 bits per heavy atom. The van der Waals surface area contributed by atoms with Crippen LogP contribution in [0.1, 0.15) is 23.0 Å². The van der Waals surface area contributed by atoms with Gasteiger partial charge in [0.15, 0.2) is 0 Å². The number of rotatable bonds is 5. The number of halogens is 1. The maximum atomic E-state index is 11.8. The number of esters is 1. The molecule has 0 aliphatic rings. The average molecular weight is 296 g/mol. The van der Waals surface area contributed by atoms with Crippen molar-refractivity contribution in [3.63, 3.8) is 0 Å². The molecular formula is C13H14ClN3O3. The van der Waals surface area contributed by atoms with Crippen LogP contribution in [0.15, 0.2) is 24.5 Å². The fraction of sp³-hybridized carbons (Fsp3) is 0.308. The molecular weight excluding hydrogens is 282 g/mol. The predicted octanol–water partition coefficient (Wildman–Crippen LogP) is 2.22. The molecule has 2 rings (SSSR count). The summed E-state index contributed by atoms with van der Waals surface area (Å²) in [7, 11) is 1.74. The Kier molecular flexibility index (Phi) is 4.57. The van der Waals surface area contributed by atoms with Crippen LogP contribution in [0, 0.1) is 0 Å². The Bertz CT molecular complexity index is 613. The third kappa shape index (κ3) is 3.27. The van der Waals surface area contributed by atoms with Crippen molar-refractivity contribution in [3.8, 4) is 5.75 Å². The molecule has 0 aliphatic heterocycles. The number of carbonyl (C=O) groups excluding carboxylic acids is 1. The molecule has 20 heavy (non-hydrogen) atoms. The molecule has 0 N–H and O–H groups in total. The van der Waals surface area contributed by atoms with E-state index in [4.69, 9.17) is 21.1 Å². The number of hydrogen-bond acceptors (Lipinski definition) is 5. The van der Waals surface area contributed by atoms with Gasteiger partial charge in [-0.2, -0.15) is 5.10 Å². The standard InChI is InChI=1S/C13H14ClN3O3/c1-3-19-13(18)10-7-16-17(2)11(10)8-20-9-4-5-15-12(14)6-9/h4-7H,3,8H2,1-2H3. The van der Waals surface area contributed by atoms with Gasteiger partial charge in [0.25, 0.3) is 0 Å². The van der Waals surface area contributed by atoms with Gasteiger partial charge in [-0.1, -0.05) is 11.6 Å². The molecule has 2 aromatic rings. The zero-order chi connectivity index (χ0) is 14.5. The first-order valence-corrected chi connectivity index (χ1v) is 6.42. The predicted molar refractivity (Wildman–Crippen MR) is 72.7 cm³/mol. The molecule has 6 nitrogen and oxygen atoms in total. The SMILES string of the molecule is CCOC(=O)c1cnn(C)c1COc1ccnc(Cl)c1. The van der Waals surface area contributed by atoms with Gasteiger partial charge in [0.2, 0.25) is 0 Å². The number of pyridine rings is 1. The van der Waals surface area contributed by atoms with Crippen molar-refractivity contribution in [2.75, 3.05) is 6.61 Å². The third-order valence-electron chi connectivity index (χ3n) is 2.63. The number of ether oxygens (including phenoxy) is 2. The summed E-state index contributed by atoms with van der Waals surface area (Å²) in [6.07, 6.45) is 3.02. The summed E-state index contributed by atoms with van der Waals surface area (Å²) in [6, 6.07) is 3.29. The molecule has 0 unspecified atom stereocenters. The van der Waals surface area contributed by atoms with E-state index in [1.54, 1.807) is 37.0 Å². The van der Waals surface area contributed by atoms with Crippen LogP contribution < -0.4 is 4.74 Å². The van der Waals surface area contributed by atoms with E-state index < -0.39 is 5.97 Å². The van der Waals surface area contributed by atoms with Gasteiger partial charge in [0.05, 0.1) is 18.5 Å². The number of nitrogens with zero attached hydrogens (tertiary/aromatic N) is 3. The van der Waals surface area contributed by atoms with Crippen LogP contribution in [0.5, 0.6) is 5.75 Å². The second-order valence-corrected chi connectivity index (χ2v) is 4.34. The summed E-state index contributed by atoms with van der Waals surface area (Å²) in [5, 5.41) is 4.39. The highest BCUT2D eigenvalue weighted by Gasteiger charge is 2.17. The fourth-order valence-corrected chi connectivity index (χ4v) is 1.80. The monoisotopic (exact) mass is 295 g/mol. The van der Waals surface area contributed by atoms with E-state index in [0.717, 1.165) is 0 Å². The Hall–Kier alpha value is -2.08. The molecule has 0 saturated heterocycles. The molecule has 0 amide bonds. The molecule has 0 aromatic carbocycles. The van der Waals surface area contributed by atoms with Crippen molar-refractivity contribution in [2.24, 2.45) is 7.05 Å². The molecule has 0 saturated carbocycles. The smallest absolute Gasteiger partial charge is 0.341 e. The lowest BCUT2D eigenvalue weighted by Gasteiger charge is -2.08. The van der Waals surface area contributed by atoms with Crippen LogP contribution in [0.4, 0.5) is 0 Å². The van der Waals surface area contributed by atoms with E-state index in [1.807, 2.05) is 0 Å². The molecule has 2 aromatic heterocycles. The Labute approximate surface area is 121 Å². The van der Waals surface area contributed by atoms with E-state index in [0.29, 0.717) is 28.8 Å². The summed E-state index contributed by atoms with van der Waals surface area (Å²) < 4.78 is 12.1. The van der Waals surface area contributed by atoms with Crippen LogP contribution >= 0.6 is 11.6 Å². The van der Waals surface area contributed by atoms with Gasteiger partial charge in [-0.25, -0.2) is 9.78 Å².